The van der Waals surface area contributed by atoms with Crippen LogP contribution in [-0.2, 0) is 19.2 Å². The minimum Gasteiger partial charge on any atom is -0.487 e. The monoisotopic (exact) mass is 589 g/mol. The lowest BCUT2D eigenvalue weighted by atomic mass is 10.0. The average Bonchev–Trinajstić information content (AvgIpc) is 2.81. The average molecular weight is 590 g/mol. The standard InChI is InChI=1S/C25H24ClF3INO2/c26-22-12-18(9-10-24(22)33-16-17-5-2-1-3-6-17)11-21(14-30)31-15-23(32)19-7-4-8-20(13-19)25(27,28)29/h1-10,12-13,21,23,31-32H,11,14-16H2. The number of ether oxygens (including phenoxy) is 1. The van der Waals surface area contributed by atoms with Crippen molar-refractivity contribution in [2.24, 2.45) is 0 Å². The molecule has 8 heteroatoms. The number of benzene rings is 3. The largest absolute Gasteiger partial charge is 0.487 e. The molecule has 0 saturated heterocycles. The Kier molecular flexibility index (Phi) is 9.43. The Morgan fingerprint density at radius 3 is 2.39 bits per heavy atom. The van der Waals surface area contributed by atoms with Crippen LogP contribution in [0.3, 0.4) is 0 Å². The third-order valence-corrected chi connectivity index (χ3v) is 6.46. The number of aliphatic hydroxyl groups is 1. The van der Waals surface area contributed by atoms with Gasteiger partial charge in [-0.1, -0.05) is 82.7 Å². The minimum atomic E-state index is -4.44. The molecule has 2 unspecified atom stereocenters. The number of rotatable bonds is 10. The first-order chi connectivity index (χ1) is 15.8. The number of halogens is 5. The molecule has 2 N–H and O–H groups in total. The van der Waals surface area contributed by atoms with Gasteiger partial charge in [-0.3, -0.25) is 0 Å². The highest BCUT2D eigenvalue weighted by atomic mass is 127. The predicted molar refractivity (Wildman–Crippen MR) is 133 cm³/mol. The summed E-state index contributed by atoms with van der Waals surface area (Å²) in [6.07, 6.45) is -4.84. The van der Waals surface area contributed by atoms with E-state index in [2.05, 4.69) is 27.9 Å². The van der Waals surface area contributed by atoms with E-state index in [1.807, 2.05) is 48.5 Å². The van der Waals surface area contributed by atoms with Gasteiger partial charge < -0.3 is 15.2 Å². The summed E-state index contributed by atoms with van der Waals surface area (Å²) in [5, 5.41) is 14.1. The van der Waals surface area contributed by atoms with Crippen molar-refractivity contribution in [2.75, 3.05) is 11.0 Å². The summed E-state index contributed by atoms with van der Waals surface area (Å²) in [7, 11) is 0. The molecule has 0 bridgehead atoms. The highest BCUT2D eigenvalue weighted by molar-refractivity contribution is 14.1. The minimum absolute atomic E-state index is 0.0122. The lowest BCUT2D eigenvalue weighted by Crippen LogP contribution is -2.35. The zero-order valence-corrected chi connectivity index (χ0v) is 20.6. The molecule has 0 heterocycles. The van der Waals surface area contributed by atoms with Crippen molar-refractivity contribution in [3.05, 3.63) is 100 Å². The number of aliphatic hydroxyl groups excluding tert-OH is 1. The Hall–Kier alpha value is -1.81. The third kappa shape index (κ3) is 7.88. The van der Waals surface area contributed by atoms with Gasteiger partial charge >= 0.3 is 6.18 Å². The quantitative estimate of drug-likeness (QED) is 0.207. The van der Waals surface area contributed by atoms with Crippen molar-refractivity contribution in [2.45, 2.75) is 31.3 Å². The van der Waals surface area contributed by atoms with Gasteiger partial charge in [0.05, 0.1) is 16.7 Å². The second kappa shape index (κ2) is 12.1. The second-order valence-electron chi connectivity index (χ2n) is 7.64. The molecule has 0 amide bonds. The smallest absolute Gasteiger partial charge is 0.416 e. The highest BCUT2D eigenvalue weighted by Crippen LogP contribution is 2.31. The zero-order chi connectivity index (χ0) is 23.8. The predicted octanol–water partition coefficient (Wildman–Crippen LogP) is 6.61. The van der Waals surface area contributed by atoms with Crippen molar-refractivity contribution in [3.63, 3.8) is 0 Å². The lowest BCUT2D eigenvalue weighted by molar-refractivity contribution is -0.137. The lowest BCUT2D eigenvalue weighted by Gasteiger charge is -2.20. The molecule has 3 rings (SSSR count). The summed E-state index contributed by atoms with van der Waals surface area (Å²) in [6.45, 7) is 0.562. The fourth-order valence-corrected chi connectivity index (χ4v) is 4.19. The van der Waals surface area contributed by atoms with Gasteiger partial charge in [0.1, 0.15) is 12.4 Å². The molecule has 3 nitrogen and oxygen atoms in total. The number of alkyl halides is 4. The molecular weight excluding hydrogens is 566 g/mol. The molecule has 0 aromatic heterocycles. The van der Waals surface area contributed by atoms with E-state index >= 15 is 0 Å². The summed E-state index contributed by atoms with van der Waals surface area (Å²) in [5.41, 5.74) is 1.50. The second-order valence-corrected chi connectivity index (χ2v) is 8.93. The molecule has 176 valence electrons. The third-order valence-electron chi connectivity index (χ3n) is 5.10. The summed E-state index contributed by atoms with van der Waals surface area (Å²) in [5.74, 6) is 0.600. The maximum atomic E-state index is 12.9. The van der Waals surface area contributed by atoms with Gasteiger partial charge in [-0.2, -0.15) is 13.2 Å². The topological polar surface area (TPSA) is 41.5 Å². The maximum absolute atomic E-state index is 12.9. The van der Waals surface area contributed by atoms with Crippen LogP contribution in [0, 0.1) is 0 Å². The first kappa shape index (κ1) is 25.8. The van der Waals surface area contributed by atoms with E-state index in [-0.39, 0.29) is 18.2 Å². The van der Waals surface area contributed by atoms with Crippen LogP contribution in [-0.4, -0.2) is 22.1 Å². The zero-order valence-electron chi connectivity index (χ0n) is 17.7. The Labute approximate surface area is 210 Å². The molecule has 0 aliphatic carbocycles. The van der Waals surface area contributed by atoms with Gasteiger partial charge in [0, 0.05) is 17.0 Å². The molecule has 0 aliphatic rings. The van der Waals surface area contributed by atoms with E-state index < -0.39 is 17.8 Å². The van der Waals surface area contributed by atoms with Gasteiger partial charge in [0.15, 0.2) is 0 Å². The van der Waals surface area contributed by atoms with E-state index in [1.54, 1.807) is 0 Å². The fourth-order valence-electron chi connectivity index (χ4n) is 3.31. The van der Waals surface area contributed by atoms with Gasteiger partial charge in [0.2, 0.25) is 0 Å². The van der Waals surface area contributed by atoms with E-state index in [0.29, 0.717) is 23.8 Å². The number of hydrogen-bond donors (Lipinski definition) is 2. The molecule has 0 spiro atoms. The van der Waals surface area contributed by atoms with E-state index in [4.69, 9.17) is 16.3 Å². The fraction of sp³-hybridized carbons (Fsp3) is 0.280. The van der Waals surface area contributed by atoms with E-state index in [1.165, 1.54) is 12.1 Å². The van der Waals surface area contributed by atoms with Crippen LogP contribution in [0.2, 0.25) is 5.02 Å². The van der Waals surface area contributed by atoms with Gasteiger partial charge in [0.25, 0.3) is 0 Å². The van der Waals surface area contributed by atoms with Crippen molar-refractivity contribution < 1.29 is 23.0 Å². The van der Waals surface area contributed by atoms with Crippen LogP contribution in [0.4, 0.5) is 13.2 Å². The van der Waals surface area contributed by atoms with Crippen LogP contribution in [0.1, 0.15) is 28.4 Å². The van der Waals surface area contributed by atoms with Gasteiger partial charge in [-0.15, -0.1) is 0 Å². The number of hydrogen-bond acceptors (Lipinski definition) is 3. The van der Waals surface area contributed by atoms with E-state index in [9.17, 15) is 18.3 Å². The maximum Gasteiger partial charge on any atom is 0.416 e. The molecule has 0 aliphatic heterocycles. The molecule has 3 aromatic rings. The van der Waals surface area contributed by atoms with Crippen molar-refractivity contribution in [3.8, 4) is 5.75 Å². The first-order valence-corrected chi connectivity index (χ1v) is 12.3. The van der Waals surface area contributed by atoms with Gasteiger partial charge in [-0.05, 0) is 47.4 Å². The summed E-state index contributed by atoms with van der Waals surface area (Å²) < 4.78 is 45.3. The first-order valence-electron chi connectivity index (χ1n) is 10.4. The molecule has 2 atom stereocenters. The van der Waals surface area contributed by atoms with Crippen LogP contribution in [0.25, 0.3) is 0 Å². The van der Waals surface area contributed by atoms with Crippen LogP contribution in [0.15, 0.2) is 72.8 Å². The molecule has 0 fully saturated rings. The van der Waals surface area contributed by atoms with Crippen molar-refractivity contribution in [1.29, 1.82) is 0 Å². The van der Waals surface area contributed by atoms with Gasteiger partial charge in [-0.25, -0.2) is 0 Å². The van der Waals surface area contributed by atoms with Crippen LogP contribution < -0.4 is 10.1 Å². The Morgan fingerprint density at radius 1 is 0.970 bits per heavy atom. The normalized spacial score (nSPS) is 13.5. The SMILES string of the molecule is OC(CNC(CI)Cc1ccc(OCc2ccccc2)c(Cl)c1)c1cccc(C(F)(F)F)c1. The van der Waals surface area contributed by atoms with Crippen LogP contribution in [0.5, 0.6) is 5.75 Å². The Balaban J connectivity index is 1.55. The van der Waals surface area contributed by atoms with Crippen molar-refractivity contribution >= 4 is 34.2 Å². The van der Waals surface area contributed by atoms with E-state index in [0.717, 1.165) is 27.7 Å². The molecule has 3 aromatic carbocycles. The summed E-state index contributed by atoms with van der Waals surface area (Å²) in [6, 6.07) is 20.2. The molecule has 0 saturated carbocycles. The highest BCUT2D eigenvalue weighted by Gasteiger charge is 2.30. The molecular formula is C25H24ClF3INO2. The number of nitrogens with one attached hydrogen (secondary N) is 1. The Bertz CT molecular complexity index is 1030. The Morgan fingerprint density at radius 2 is 1.73 bits per heavy atom. The van der Waals surface area contributed by atoms with Crippen LogP contribution >= 0.6 is 34.2 Å². The van der Waals surface area contributed by atoms with Crippen molar-refractivity contribution in [1.82, 2.24) is 5.32 Å². The summed E-state index contributed by atoms with van der Waals surface area (Å²) in [4.78, 5) is 0. The molecule has 33 heavy (non-hydrogen) atoms. The molecule has 0 radical (unpaired) electrons. The summed E-state index contributed by atoms with van der Waals surface area (Å²) >= 11 is 8.64.